The van der Waals surface area contributed by atoms with Gasteiger partial charge in [0.05, 0.1) is 5.60 Å². The molecule has 6 nitrogen and oxygen atoms in total. The number of sulfonamides is 1. The van der Waals surface area contributed by atoms with Crippen molar-refractivity contribution in [3.05, 3.63) is 18.3 Å². The van der Waals surface area contributed by atoms with Crippen molar-refractivity contribution >= 4 is 15.8 Å². The summed E-state index contributed by atoms with van der Waals surface area (Å²) in [5, 5.41) is 9.79. The van der Waals surface area contributed by atoms with Crippen molar-refractivity contribution in [3.8, 4) is 0 Å². The van der Waals surface area contributed by atoms with Crippen LogP contribution in [0, 0.1) is 0 Å². The van der Waals surface area contributed by atoms with Crippen molar-refractivity contribution < 1.29 is 13.5 Å². The molecule has 1 aliphatic rings. The van der Waals surface area contributed by atoms with Crippen molar-refractivity contribution in [2.45, 2.75) is 23.8 Å². The minimum Gasteiger partial charge on any atom is -0.389 e. The number of hydrogen-bond acceptors (Lipinski definition) is 5. The smallest absolute Gasteiger partial charge is 0.246 e. The number of nitrogens with two attached hydrogens (primary N) is 1. The monoisotopic (exact) mass is 257 g/mol. The van der Waals surface area contributed by atoms with Crippen LogP contribution in [0.2, 0.25) is 0 Å². The molecule has 2 heterocycles. The summed E-state index contributed by atoms with van der Waals surface area (Å²) in [5.41, 5.74) is 4.59. The fraction of sp³-hybridized carbons (Fsp3) is 0.500. The molecule has 7 heteroatoms. The summed E-state index contributed by atoms with van der Waals surface area (Å²) in [7, 11) is -3.65. The van der Waals surface area contributed by atoms with Crippen LogP contribution in [0.15, 0.2) is 23.2 Å². The number of nitrogens with zero attached hydrogens (tertiary/aromatic N) is 2. The molecule has 94 valence electrons. The lowest BCUT2D eigenvalue weighted by molar-refractivity contribution is 0.0762. The molecule has 3 N–H and O–H groups in total. The highest BCUT2D eigenvalue weighted by molar-refractivity contribution is 7.89. The van der Waals surface area contributed by atoms with Crippen LogP contribution in [0.25, 0.3) is 0 Å². The minimum absolute atomic E-state index is 0.00213. The van der Waals surface area contributed by atoms with Crippen LogP contribution >= 0.6 is 0 Å². The number of aromatic nitrogens is 1. The molecule has 1 fully saturated rings. The first-order valence-corrected chi connectivity index (χ1v) is 6.70. The van der Waals surface area contributed by atoms with Gasteiger partial charge < -0.3 is 10.8 Å². The van der Waals surface area contributed by atoms with E-state index in [2.05, 4.69) is 4.98 Å². The van der Waals surface area contributed by atoms with Crippen LogP contribution in [0.3, 0.4) is 0 Å². The van der Waals surface area contributed by atoms with Crippen molar-refractivity contribution in [2.75, 3.05) is 18.8 Å². The Bertz CT molecular complexity index is 527. The number of pyridine rings is 1. The zero-order valence-electron chi connectivity index (χ0n) is 9.50. The lowest BCUT2D eigenvalue weighted by Gasteiger charge is -2.19. The van der Waals surface area contributed by atoms with Crippen molar-refractivity contribution in [3.63, 3.8) is 0 Å². The minimum atomic E-state index is -3.65. The summed E-state index contributed by atoms with van der Waals surface area (Å²) < 4.78 is 25.7. The molecule has 0 saturated carbocycles. The number of rotatable bonds is 2. The Hall–Kier alpha value is -1.18. The molecule has 0 aliphatic carbocycles. The van der Waals surface area contributed by atoms with Crippen LogP contribution < -0.4 is 5.73 Å². The van der Waals surface area contributed by atoms with Crippen molar-refractivity contribution in [1.82, 2.24) is 9.29 Å². The normalized spacial score (nSPS) is 26.2. The van der Waals surface area contributed by atoms with Gasteiger partial charge in [0, 0.05) is 19.3 Å². The first kappa shape index (κ1) is 12.3. The van der Waals surface area contributed by atoms with Gasteiger partial charge in [0.1, 0.15) is 10.7 Å². The highest BCUT2D eigenvalue weighted by Crippen LogP contribution is 2.28. The van der Waals surface area contributed by atoms with Gasteiger partial charge >= 0.3 is 0 Å². The van der Waals surface area contributed by atoms with Gasteiger partial charge in [-0.15, -0.1) is 0 Å². The third kappa shape index (κ3) is 2.26. The van der Waals surface area contributed by atoms with Gasteiger partial charge in [-0.25, -0.2) is 13.4 Å². The molecule has 1 aromatic heterocycles. The predicted octanol–water partition coefficient (Wildman–Crippen LogP) is -0.191. The molecule has 1 saturated heterocycles. The molecule has 0 spiro atoms. The summed E-state index contributed by atoms with van der Waals surface area (Å²) in [5.74, 6) is -0.0148. The zero-order valence-corrected chi connectivity index (χ0v) is 10.3. The molecule has 1 atom stereocenters. The Morgan fingerprint density at radius 2 is 2.29 bits per heavy atom. The van der Waals surface area contributed by atoms with E-state index in [1.807, 2.05) is 0 Å². The molecule has 1 unspecified atom stereocenters. The summed E-state index contributed by atoms with van der Waals surface area (Å²) >= 11 is 0. The topological polar surface area (TPSA) is 96.5 Å². The standard InChI is InChI=1S/C10H15N3O3S/c1-10(14)4-6-13(7-10)17(15,16)8-3-2-5-12-9(8)11/h2-3,5,14H,4,6-7H2,1H3,(H2,11,12). The average Bonchev–Trinajstić information content (AvgIpc) is 2.60. The van der Waals surface area contributed by atoms with Crippen LogP contribution in [-0.4, -0.2) is 41.5 Å². The van der Waals surface area contributed by atoms with E-state index in [4.69, 9.17) is 5.73 Å². The fourth-order valence-electron chi connectivity index (χ4n) is 1.87. The Morgan fingerprint density at radius 3 is 2.82 bits per heavy atom. The summed E-state index contributed by atoms with van der Waals surface area (Å²) in [6.45, 7) is 2.00. The maximum atomic E-state index is 12.2. The van der Waals surface area contributed by atoms with Gasteiger partial charge in [0.25, 0.3) is 0 Å². The first-order valence-electron chi connectivity index (χ1n) is 5.26. The van der Waals surface area contributed by atoms with Gasteiger partial charge in [-0.1, -0.05) is 0 Å². The third-order valence-corrected chi connectivity index (χ3v) is 4.73. The first-order chi connectivity index (χ1) is 7.83. The van der Waals surface area contributed by atoms with Crippen LogP contribution in [0.4, 0.5) is 5.82 Å². The summed E-state index contributed by atoms with van der Waals surface area (Å²) in [6, 6.07) is 2.95. The molecule has 2 rings (SSSR count). The second-order valence-electron chi connectivity index (χ2n) is 4.47. The number of β-amino-alcohol motifs (C(OH)–C–C–N with tert-alkyl or cyclic N) is 1. The van der Waals surface area contributed by atoms with Crippen LogP contribution in [0.1, 0.15) is 13.3 Å². The molecule has 1 aliphatic heterocycles. The Balaban J connectivity index is 2.36. The maximum Gasteiger partial charge on any atom is 0.246 e. The van der Waals surface area contributed by atoms with Crippen molar-refractivity contribution in [2.24, 2.45) is 0 Å². The quantitative estimate of drug-likeness (QED) is 0.765. The van der Waals surface area contributed by atoms with Gasteiger partial charge in [-0.05, 0) is 25.5 Å². The van der Waals surface area contributed by atoms with Crippen molar-refractivity contribution in [1.29, 1.82) is 0 Å². The zero-order chi connectivity index (χ0) is 12.7. The van der Waals surface area contributed by atoms with Gasteiger partial charge in [0.15, 0.2) is 0 Å². The Morgan fingerprint density at radius 1 is 1.59 bits per heavy atom. The predicted molar refractivity (Wildman–Crippen MR) is 62.6 cm³/mol. The van der Waals surface area contributed by atoms with E-state index in [9.17, 15) is 13.5 Å². The largest absolute Gasteiger partial charge is 0.389 e. The van der Waals surface area contributed by atoms with E-state index in [1.54, 1.807) is 6.92 Å². The summed E-state index contributed by atoms with van der Waals surface area (Å²) in [6.07, 6.45) is 1.86. The van der Waals surface area contributed by atoms with Gasteiger partial charge in [0.2, 0.25) is 10.0 Å². The number of hydrogen-bond donors (Lipinski definition) is 2. The number of anilines is 1. The van der Waals surface area contributed by atoms with E-state index in [0.717, 1.165) is 0 Å². The summed E-state index contributed by atoms with van der Waals surface area (Å²) in [4.78, 5) is 3.76. The molecular formula is C10H15N3O3S. The lowest BCUT2D eigenvalue weighted by atomic mass is 10.1. The van der Waals surface area contributed by atoms with E-state index in [0.29, 0.717) is 13.0 Å². The number of nitrogen functional groups attached to an aromatic ring is 1. The second kappa shape index (κ2) is 3.94. The molecule has 0 radical (unpaired) electrons. The molecule has 0 amide bonds. The van der Waals surface area contributed by atoms with Crippen LogP contribution in [0.5, 0.6) is 0 Å². The molecular weight excluding hydrogens is 242 g/mol. The maximum absolute atomic E-state index is 12.2. The molecule has 0 aromatic carbocycles. The molecule has 0 bridgehead atoms. The van der Waals surface area contributed by atoms with E-state index in [1.165, 1.54) is 22.6 Å². The second-order valence-corrected chi connectivity index (χ2v) is 6.38. The molecule has 17 heavy (non-hydrogen) atoms. The van der Waals surface area contributed by atoms with Gasteiger partial charge in [-0.3, -0.25) is 0 Å². The highest BCUT2D eigenvalue weighted by atomic mass is 32.2. The fourth-order valence-corrected chi connectivity index (χ4v) is 3.49. The number of aliphatic hydroxyl groups is 1. The SMILES string of the molecule is CC1(O)CCN(S(=O)(=O)c2cccnc2N)C1. The van der Waals surface area contributed by atoms with E-state index in [-0.39, 0.29) is 17.3 Å². The highest BCUT2D eigenvalue weighted by Gasteiger charge is 2.39. The average molecular weight is 257 g/mol. The molecule has 1 aromatic rings. The van der Waals surface area contributed by atoms with Crippen LogP contribution in [-0.2, 0) is 10.0 Å². The van der Waals surface area contributed by atoms with E-state index < -0.39 is 15.6 Å². The Labute approximate surface area is 100 Å². The lowest BCUT2D eigenvalue weighted by Crippen LogP contribution is -2.34. The Kier molecular flexibility index (Phi) is 2.84. The third-order valence-electron chi connectivity index (χ3n) is 2.83. The van der Waals surface area contributed by atoms with Gasteiger partial charge in [-0.2, -0.15) is 4.31 Å². The van der Waals surface area contributed by atoms with E-state index >= 15 is 0 Å².